The molecule has 0 bridgehead atoms. The smallest absolute Gasteiger partial charge is 0.119 e. The maximum absolute atomic E-state index is 8.63. The molecular weight excluding hydrogens is 246 g/mol. The molecule has 1 rings (SSSR count). The van der Waals surface area contributed by atoms with E-state index in [4.69, 9.17) is 15.6 Å². The molecule has 0 radical (unpaired) electrons. The molecule has 3 nitrogen and oxygen atoms in total. The molecule has 1 atom stereocenters. The van der Waals surface area contributed by atoms with Crippen molar-refractivity contribution in [1.82, 2.24) is 0 Å². The van der Waals surface area contributed by atoms with Crippen molar-refractivity contribution in [2.45, 2.75) is 12.5 Å². The van der Waals surface area contributed by atoms with Crippen molar-refractivity contribution in [3.8, 4) is 5.75 Å². The van der Waals surface area contributed by atoms with E-state index in [9.17, 15) is 0 Å². The maximum atomic E-state index is 8.63. The molecular formula is C10H14BrNO2. The maximum Gasteiger partial charge on any atom is 0.119 e. The first kappa shape index (κ1) is 11.5. The zero-order valence-electron chi connectivity index (χ0n) is 7.82. The largest absolute Gasteiger partial charge is 0.492 e. The lowest BCUT2D eigenvalue weighted by atomic mass is 10.2. The third kappa shape index (κ3) is 4.09. The highest BCUT2D eigenvalue weighted by molar-refractivity contribution is 9.10. The minimum Gasteiger partial charge on any atom is -0.492 e. The molecule has 0 amide bonds. The van der Waals surface area contributed by atoms with E-state index in [0.717, 1.165) is 10.2 Å². The Kier molecular flexibility index (Phi) is 4.93. The van der Waals surface area contributed by atoms with Crippen molar-refractivity contribution in [3.63, 3.8) is 0 Å². The fraction of sp³-hybridized carbons (Fsp3) is 0.400. The Morgan fingerprint density at radius 2 is 2.00 bits per heavy atom. The van der Waals surface area contributed by atoms with E-state index in [2.05, 4.69) is 15.9 Å². The lowest BCUT2D eigenvalue weighted by Crippen LogP contribution is -2.28. The Hall–Kier alpha value is -0.580. The highest BCUT2D eigenvalue weighted by Gasteiger charge is 2.02. The van der Waals surface area contributed by atoms with Crippen LogP contribution in [0, 0.1) is 0 Å². The van der Waals surface area contributed by atoms with Crippen LogP contribution < -0.4 is 10.5 Å². The van der Waals surface area contributed by atoms with E-state index in [1.54, 1.807) is 0 Å². The van der Waals surface area contributed by atoms with Gasteiger partial charge < -0.3 is 15.6 Å². The highest BCUT2D eigenvalue weighted by atomic mass is 79.9. The Labute approximate surface area is 92.0 Å². The number of aliphatic hydroxyl groups excluding tert-OH is 1. The number of hydrogen-bond donors (Lipinski definition) is 2. The van der Waals surface area contributed by atoms with Gasteiger partial charge in [0.15, 0.2) is 0 Å². The van der Waals surface area contributed by atoms with Crippen LogP contribution in [0.5, 0.6) is 5.75 Å². The normalized spacial score (nSPS) is 12.5. The summed E-state index contributed by atoms with van der Waals surface area (Å²) in [5.74, 6) is 0.793. The topological polar surface area (TPSA) is 55.5 Å². The Balaban J connectivity index is 2.34. The summed E-state index contributed by atoms with van der Waals surface area (Å²) in [6, 6.07) is 7.45. The fourth-order valence-corrected chi connectivity index (χ4v) is 1.25. The van der Waals surface area contributed by atoms with E-state index in [0.29, 0.717) is 13.0 Å². The van der Waals surface area contributed by atoms with Crippen LogP contribution in [-0.2, 0) is 0 Å². The van der Waals surface area contributed by atoms with Gasteiger partial charge in [-0.1, -0.05) is 15.9 Å². The number of benzene rings is 1. The third-order valence-electron chi connectivity index (χ3n) is 1.78. The summed E-state index contributed by atoms with van der Waals surface area (Å²) < 4.78 is 6.44. The number of nitrogens with two attached hydrogens (primary N) is 1. The molecule has 0 aliphatic rings. The fourth-order valence-electron chi connectivity index (χ4n) is 0.983. The minimum atomic E-state index is -0.108. The van der Waals surface area contributed by atoms with Gasteiger partial charge in [0.05, 0.1) is 0 Å². The van der Waals surface area contributed by atoms with Crippen LogP contribution in [0.3, 0.4) is 0 Å². The van der Waals surface area contributed by atoms with Gasteiger partial charge >= 0.3 is 0 Å². The minimum absolute atomic E-state index is 0.102. The molecule has 0 heterocycles. The molecule has 0 spiro atoms. The third-order valence-corrected chi connectivity index (χ3v) is 2.31. The monoisotopic (exact) mass is 259 g/mol. The molecule has 0 aliphatic carbocycles. The van der Waals surface area contributed by atoms with E-state index < -0.39 is 0 Å². The molecule has 1 aromatic rings. The molecule has 0 aliphatic heterocycles. The number of aliphatic hydroxyl groups is 1. The van der Waals surface area contributed by atoms with E-state index in [1.165, 1.54) is 0 Å². The summed E-state index contributed by atoms with van der Waals surface area (Å²) in [6.07, 6.45) is 0.566. The Bertz CT molecular complexity index is 263. The Morgan fingerprint density at radius 1 is 1.36 bits per heavy atom. The van der Waals surface area contributed by atoms with E-state index >= 15 is 0 Å². The van der Waals surface area contributed by atoms with Gasteiger partial charge in [-0.2, -0.15) is 0 Å². The first-order valence-electron chi connectivity index (χ1n) is 4.47. The zero-order valence-corrected chi connectivity index (χ0v) is 9.40. The zero-order chi connectivity index (χ0) is 10.4. The van der Waals surface area contributed by atoms with E-state index in [1.807, 2.05) is 24.3 Å². The number of ether oxygens (including phenoxy) is 1. The first-order valence-corrected chi connectivity index (χ1v) is 5.26. The summed E-state index contributed by atoms with van der Waals surface area (Å²) in [5.41, 5.74) is 5.67. The van der Waals surface area contributed by atoms with Crippen molar-refractivity contribution >= 4 is 15.9 Å². The van der Waals surface area contributed by atoms with Crippen molar-refractivity contribution in [1.29, 1.82) is 0 Å². The predicted molar refractivity (Wildman–Crippen MR) is 59.3 cm³/mol. The van der Waals surface area contributed by atoms with Crippen molar-refractivity contribution < 1.29 is 9.84 Å². The van der Waals surface area contributed by atoms with Gasteiger partial charge in [0, 0.05) is 17.1 Å². The molecule has 0 saturated heterocycles. The van der Waals surface area contributed by atoms with Gasteiger partial charge in [-0.05, 0) is 30.7 Å². The van der Waals surface area contributed by atoms with Gasteiger partial charge in [0.25, 0.3) is 0 Å². The van der Waals surface area contributed by atoms with Gasteiger partial charge in [0.1, 0.15) is 12.4 Å². The molecule has 0 fully saturated rings. The van der Waals surface area contributed by atoms with Crippen LogP contribution in [0.25, 0.3) is 0 Å². The average Bonchev–Trinajstić information content (AvgIpc) is 2.17. The summed E-state index contributed by atoms with van der Waals surface area (Å²) >= 11 is 3.34. The van der Waals surface area contributed by atoms with Crippen molar-refractivity contribution in [2.24, 2.45) is 5.73 Å². The van der Waals surface area contributed by atoms with Gasteiger partial charge in [-0.3, -0.25) is 0 Å². The van der Waals surface area contributed by atoms with Gasteiger partial charge in [-0.15, -0.1) is 0 Å². The van der Waals surface area contributed by atoms with Gasteiger partial charge in [0.2, 0.25) is 0 Å². The van der Waals surface area contributed by atoms with E-state index in [-0.39, 0.29) is 12.6 Å². The summed E-state index contributed by atoms with van der Waals surface area (Å²) in [5, 5.41) is 8.63. The molecule has 1 aromatic carbocycles. The lowest BCUT2D eigenvalue weighted by molar-refractivity contribution is 0.233. The predicted octanol–water partition coefficient (Wildman–Crippen LogP) is 1.54. The molecule has 4 heteroatoms. The second-order valence-corrected chi connectivity index (χ2v) is 3.95. The lowest BCUT2D eigenvalue weighted by Gasteiger charge is -2.11. The number of hydrogen-bond acceptors (Lipinski definition) is 3. The number of halogens is 1. The molecule has 0 aromatic heterocycles. The van der Waals surface area contributed by atoms with Crippen LogP contribution in [0.4, 0.5) is 0 Å². The second-order valence-electron chi connectivity index (χ2n) is 3.04. The first-order chi connectivity index (χ1) is 6.72. The molecule has 1 unspecified atom stereocenters. The average molecular weight is 260 g/mol. The molecule has 14 heavy (non-hydrogen) atoms. The van der Waals surface area contributed by atoms with Crippen LogP contribution >= 0.6 is 15.9 Å². The van der Waals surface area contributed by atoms with Crippen molar-refractivity contribution in [2.75, 3.05) is 13.2 Å². The number of rotatable bonds is 5. The van der Waals surface area contributed by atoms with Gasteiger partial charge in [-0.25, -0.2) is 0 Å². The van der Waals surface area contributed by atoms with Crippen molar-refractivity contribution in [3.05, 3.63) is 28.7 Å². The van der Waals surface area contributed by atoms with Crippen LogP contribution in [0.15, 0.2) is 28.7 Å². The molecule has 0 saturated carbocycles. The summed E-state index contributed by atoms with van der Waals surface area (Å²) in [4.78, 5) is 0. The molecule has 3 N–H and O–H groups in total. The summed E-state index contributed by atoms with van der Waals surface area (Å²) in [7, 11) is 0. The Morgan fingerprint density at radius 3 is 2.57 bits per heavy atom. The standard InChI is InChI=1S/C10H14BrNO2/c11-8-1-3-10(4-2-8)14-7-9(12)5-6-13/h1-4,9,13H,5-7,12H2. The summed E-state index contributed by atoms with van der Waals surface area (Å²) in [6.45, 7) is 0.535. The highest BCUT2D eigenvalue weighted by Crippen LogP contribution is 2.16. The van der Waals surface area contributed by atoms with Crippen LogP contribution in [0.1, 0.15) is 6.42 Å². The quantitative estimate of drug-likeness (QED) is 0.844. The second kappa shape index (κ2) is 6.01. The SMILES string of the molecule is NC(CCO)COc1ccc(Br)cc1. The van der Waals surface area contributed by atoms with Crippen LogP contribution in [0.2, 0.25) is 0 Å². The van der Waals surface area contributed by atoms with Crippen LogP contribution in [-0.4, -0.2) is 24.4 Å². The molecule has 78 valence electrons.